The van der Waals surface area contributed by atoms with E-state index in [1.165, 1.54) is 12.3 Å². The van der Waals surface area contributed by atoms with Crippen molar-refractivity contribution in [3.63, 3.8) is 0 Å². The Bertz CT molecular complexity index is 1160. The quantitative estimate of drug-likeness (QED) is 0.373. The minimum Gasteiger partial charge on any atom is -0.462 e. The van der Waals surface area contributed by atoms with Crippen molar-refractivity contribution in [1.82, 2.24) is 4.98 Å². The fourth-order valence-electron chi connectivity index (χ4n) is 3.02. The minimum absolute atomic E-state index is 0.240. The fraction of sp³-hybridized carbons (Fsp3) is 0.136. The molecular formula is C22H17BN2O6. The van der Waals surface area contributed by atoms with E-state index < -0.39 is 13.1 Å². The van der Waals surface area contributed by atoms with Gasteiger partial charge in [0, 0.05) is 6.20 Å². The first kappa shape index (κ1) is 20.4. The van der Waals surface area contributed by atoms with E-state index in [0.717, 1.165) is 5.56 Å². The summed E-state index contributed by atoms with van der Waals surface area (Å²) in [4.78, 5) is 19.6. The van der Waals surface area contributed by atoms with Crippen LogP contribution in [0.4, 0.5) is 5.69 Å². The van der Waals surface area contributed by atoms with Crippen LogP contribution in [0.1, 0.15) is 22.8 Å². The molecule has 0 saturated heterocycles. The van der Waals surface area contributed by atoms with Gasteiger partial charge < -0.3 is 23.9 Å². The Morgan fingerprint density at radius 3 is 2.81 bits per heavy atom. The van der Waals surface area contributed by atoms with E-state index in [2.05, 4.69) is 9.83 Å². The third-order valence-electron chi connectivity index (χ3n) is 4.52. The molecule has 1 aliphatic rings. The molecule has 0 atom stereocenters. The first-order valence-corrected chi connectivity index (χ1v) is 9.50. The molecule has 0 aliphatic carbocycles. The molecule has 3 aromatic rings. The number of carbonyl (C=O) groups is 1. The Morgan fingerprint density at radius 1 is 1.19 bits per heavy atom. The highest BCUT2D eigenvalue weighted by atomic mass is 16.5. The zero-order valence-corrected chi connectivity index (χ0v) is 16.6. The number of hydrogen-bond donors (Lipinski definition) is 1. The van der Waals surface area contributed by atoms with Crippen LogP contribution < -0.4 is 14.9 Å². The standard InChI is InChI=1S/C22H17BN2O6/c1-3-28-22(26)14-4-8-19(20(11-14)31-21-9-5-16(24-2)12-25-21)30-17-6-7-18-15(10-17)13-29-23(18)27/h4-12,27H,3,13H2,1H3. The second kappa shape index (κ2) is 8.87. The average molecular weight is 416 g/mol. The summed E-state index contributed by atoms with van der Waals surface area (Å²) in [6.07, 6.45) is 1.39. The van der Waals surface area contributed by atoms with Crippen molar-refractivity contribution < 1.29 is 28.7 Å². The van der Waals surface area contributed by atoms with E-state index >= 15 is 0 Å². The van der Waals surface area contributed by atoms with E-state index in [4.69, 9.17) is 25.4 Å². The van der Waals surface area contributed by atoms with Crippen LogP contribution in [-0.4, -0.2) is 29.7 Å². The van der Waals surface area contributed by atoms with Crippen LogP contribution in [0.2, 0.25) is 0 Å². The number of rotatable bonds is 6. The van der Waals surface area contributed by atoms with Crippen LogP contribution >= 0.6 is 0 Å². The summed E-state index contributed by atoms with van der Waals surface area (Å²) in [5.74, 6) is 0.873. The normalized spacial score (nSPS) is 12.1. The van der Waals surface area contributed by atoms with Gasteiger partial charge in [-0.1, -0.05) is 6.07 Å². The lowest BCUT2D eigenvalue weighted by molar-refractivity contribution is 0.0526. The second-order valence-electron chi connectivity index (χ2n) is 6.58. The van der Waals surface area contributed by atoms with Gasteiger partial charge in [-0.05, 0) is 60.4 Å². The summed E-state index contributed by atoms with van der Waals surface area (Å²) in [5.41, 5.74) is 2.21. The van der Waals surface area contributed by atoms with Gasteiger partial charge in [-0.2, -0.15) is 0 Å². The van der Waals surface area contributed by atoms with Crippen molar-refractivity contribution in [1.29, 1.82) is 0 Å². The Kier molecular flexibility index (Phi) is 5.84. The largest absolute Gasteiger partial charge is 0.491 e. The molecule has 1 aliphatic heterocycles. The molecule has 2 heterocycles. The Hall–Kier alpha value is -3.87. The summed E-state index contributed by atoms with van der Waals surface area (Å²) >= 11 is 0. The molecule has 0 amide bonds. The van der Waals surface area contributed by atoms with Gasteiger partial charge in [0.25, 0.3) is 0 Å². The maximum atomic E-state index is 12.2. The first-order chi connectivity index (χ1) is 15.1. The monoisotopic (exact) mass is 416 g/mol. The zero-order chi connectivity index (χ0) is 21.8. The SMILES string of the molecule is [C-]#[N+]c1ccc(Oc2cc(C(=O)OCC)ccc2Oc2ccc3c(c2)COB3O)nc1. The molecule has 4 rings (SSSR count). The zero-order valence-electron chi connectivity index (χ0n) is 16.6. The number of fused-ring (bicyclic) bond motifs is 1. The smallest absolute Gasteiger partial charge is 0.462 e. The summed E-state index contributed by atoms with van der Waals surface area (Å²) < 4.78 is 22.1. The van der Waals surface area contributed by atoms with Crippen molar-refractivity contribution >= 4 is 24.2 Å². The van der Waals surface area contributed by atoms with Gasteiger partial charge in [-0.15, -0.1) is 0 Å². The van der Waals surface area contributed by atoms with Gasteiger partial charge >= 0.3 is 13.1 Å². The predicted molar refractivity (Wildman–Crippen MR) is 112 cm³/mol. The molecule has 8 nitrogen and oxygen atoms in total. The van der Waals surface area contributed by atoms with Crippen molar-refractivity contribution in [2.75, 3.05) is 6.61 Å². The fourth-order valence-corrected chi connectivity index (χ4v) is 3.02. The van der Waals surface area contributed by atoms with Crippen LogP contribution in [0.5, 0.6) is 23.1 Å². The first-order valence-electron chi connectivity index (χ1n) is 9.50. The molecule has 154 valence electrons. The number of ether oxygens (including phenoxy) is 3. The van der Waals surface area contributed by atoms with Gasteiger partial charge in [0.2, 0.25) is 11.6 Å². The van der Waals surface area contributed by atoms with Crippen LogP contribution in [-0.2, 0) is 16.0 Å². The topological polar surface area (TPSA) is 91.5 Å². The van der Waals surface area contributed by atoms with Crippen molar-refractivity contribution in [2.45, 2.75) is 13.5 Å². The highest BCUT2D eigenvalue weighted by Gasteiger charge is 2.27. The van der Waals surface area contributed by atoms with E-state index in [0.29, 0.717) is 28.2 Å². The molecule has 0 unspecified atom stereocenters. The van der Waals surface area contributed by atoms with E-state index in [-0.39, 0.29) is 24.8 Å². The highest BCUT2D eigenvalue weighted by molar-refractivity contribution is 6.61. The van der Waals surface area contributed by atoms with Crippen molar-refractivity contribution in [3.8, 4) is 23.1 Å². The molecule has 0 radical (unpaired) electrons. The number of aromatic nitrogens is 1. The molecule has 0 spiro atoms. The molecule has 0 fully saturated rings. The third-order valence-corrected chi connectivity index (χ3v) is 4.52. The minimum atomic E-state index is -0.934. The van der Waals surface area contributed by atoms with Gasteiger partial charge in [-0.3, -0.25) is 0 Å². The summed E-state index contributed by atoms with van der Waals surface area (Å²) in [7, 11) is -0.934. The number of esters is 1. The molecular weight excluding hydrogens is 399 g/mol. The number of benzene rings is 2. The molecule has 2 aromatic carbocycles. The lowest BCUT2D eigenvalue weighted by Gasteiger charge is -2.14. The maximum absolute atomic E-state index is 12.2. The third kappa shape index (κ3) is 4.50. The maximum Gasteiger partial charge on any atom is 0.491 e. The molecule has 31 heavy (non-hydrogen) atoms. The molecule has 9 heteroatoms. The van der Waals surface area contributed by atoms with Crippen molar-refractivity contribution in [2.24, 2.45) is 0 Å². The Morgan fingerprint density at radius 2 is 2.06 bits per heavy atom. The van der Waals surface area contributed by atoms with Gasteiger partial charge in [-0.25, -0.2) is 14.6 Å². The lowest BCUT2D eigenvalue weighted by atomic mass is 9.80. The number of hydrogen-bond acceptors (Lipinski definition) is 7. The lowest BCUT2D eigenvalue weighted by Crippen LogP contribution is -2.27. The van der Waals surface area contributed by atoms with E-state index in [1.807, 2.05) is 0 Å². The van der Waals surface area contributed by atoms with Crippen LogP contribution in [0, 0.1) is 6.57 Å². The number of carbonyl (C=O) groups excluding carboxylic acids is 1. The molecule has 0 bridgehead atoms. The molecule has 0 saturated carbocycles. The van der Waals surface area contributed by atoms with Crippen LogP contribution in [0.25, 0.3) is 4.85 Å². The summed E-state index contributed by atoms with van der Waals surface area (Å²) in [5, 5.41) is 9.78. The van der Waals surface area contributed by atoms with Crippen LogP contribution in [0.15, 0.2) is 54.7 Å². The number of pyridine rings is 1. The Labute approximate surface area is 178 Å². The van der Waals surface area contributed by atoms with E-state index in [9.17, 15) is 9.82 Å². The van der Waals surface area contributed by atoms with Gasteiger partial charge in [0.05, 0.1) is 25.3 Å². The van der Waals surface area contributed by atoms with E-state index in [1.54, 1.807) is 49.4 Å². The van der Waals surface area contributed by atoms with Crippen molar-refractivity contribution in [3.05, 3.63) is 77.3 Å². The average Bonchev–Trinajstić information content (AvgIpc) is 3.15. The van der Waals surface area contributed by atoms with Gasteiger partial charge in [0.1, 0.15) is 5.75 Å². The highest BCUT2D eigenvalue weighted by Crippen LogP contribution is 2.36. The summed E-state index contributed by atoms with van der Waals surface area (Å²) in [6, 6.07) is 13.1. The second-order valence-corrected chi connectivity index (χ2v) is 6.58. The number of nitrogens with zero attached hydrogens (tertiary/aromatic N) is 2. The van der Waals surface area contributed by atoms with Gasteiger partial charge in [0.15, 0.2) is 11.5 Å². The summed E-state index contributed by atoms with van der Waals surface area (Å²) in [6.45, 7) is 9.28. The van der Waals surface area contributed by atoms with Crippen LogP contribution in [0.3, 0.4) is 0 Å². The predicted octanol–water partition coefficient (Wildman–Crippen LogP) is 3.61. The Balaban J connectivity index is 1.65. The molecule has 1 N–H and O–H groups in total. The molecule has 1 aromatic heterocycles.